The lowest BCUT2D eigenvalue weighted by Crippen LogP contribution is -1.92. The third-order valence-electron chi connectivity index (χ3n) is 3.62. The van der Waals surface area contributed by atoms with Crippen molar-refractivity contribution in [1.29, 1.82) is 0 Å². The highest BCUT2D eigenvalue weighted by molar-refractivity contribution is 8.00. The van der Waals surface area contributed by atoms with Crippen molar-refractivity contribution >= 4 is 52.4 Å². The van der Waals surface area contributed by atoms with Gasteiger partial charge >= 0.3 is 0 Å². The molecule has 3 aromatic carbocycles. The maximum Gasteiger partial charge on any atom is 0.284 e. The number of nitro groups is 1. The van der Waals surface area contributed by atoms with Crippen molar-refractivity contribution in [3.8, 4) is 0 Å². The molecule has 3 aromatic rings. The largest absolute Gasteiger partial charge is 0.284 e. The Hall–Kier alpha value is -1.73. The van der Waals surface area contributed by atoms with Crippen molar-refractivity contribution in [2.24, 2.45) is 0 Å². The third kappa shape index (κ3) is 4.96. The second kappa shape index (κ2) is 8.52. The molecule has 0 bridgehead atoms. The maximum atomic E-state index is 13.5. The first kappa shape index (κ1) is 20.0. The van der Waals surface area contributed by atoms with E-state index >= 15 is 0 Å². The molecule has 0 atom stereocenters. The topological polar surface area (TPSA) is 43.1 Å². The van der Waals surface area contributed by atoms with Crippen LogP contribution in [0.15, 0.2) is 74.2 Å². The summed E-state index contributed by atoms with van der Waals surface area (Å²) in [6.45, 7) is 1.87. The van der Waals surface area contributed by atoms with Crippen molar-refractivity contribution in [3.63, 3.8) is 0 Å². The first-order chi connectivity index (χ1) is 12.8. The number of nitro benzene ring substituents is 1. The third-order valence-corrected chi connectivity index (χ3v) is 6.57. The Morgan fingerprint density at radius 1 is 0.889 bits per heavy atom. The van der Waals surface area contributed by atoms with Crippen LogP contribution in [0.4, 0.5) is 10.1 Å². The van der Waals surface area contributed by atoms with Gasteiger partial charge in [-0.1, -0.05) is 52.8 Å². The number of benzene rings is 3. The molecule has 0 aromatic heterocycles. The van der Waals surface area contributed by atoms with Crippen LogP contribution >= 0.6 is 46.7 Å². The van der Waals surface area contributed by atoms with Crippen LogP contribution in [0.5, 0.6) is 0 Å². The van der Waals surface area contributed by atoms with E-state index in [0.717, 1.165) is 10.5 Å². The van der Waals surface area contributed by atoms with Gasteiger partial charge in [0.15, 0.2) is 0 Å². The average Bonchev–Trinajstić information content (AvgIpc) is 2.62. The van der Waals surface area contributed by atoms with E-state index < -0.39 is 4.92 Å². The summed E-state index contributed by atoms with van der Waals surface area (Å²) < 4.78 is 13.5. The fraction of sp³-hybridized carbons (Fsp3) is 0.0526. The molecule has 138 valence electrons. The number of rotatable bonds is 5. The van der Waals surface area contributed by atoms with E-state index in [-0.39, 0.29) is 11.5 Å². The molecule has 3 nitrogen and oxygen atoms in total. The standard InChI is InChI=1S/C19H12Cl2FNO2S2/c1-11-2-3-12(22)8-19(11)27-14-5-7-18(17(10-14)23(24)25)26-13-4-6-15(20)16(21)9-13/h2-10H,1H3. The van der Waals surface area contributed by atoms with Crippen molar-refractivity contribution in [1.82, 2.24) is 0 Å². The molecule has 0 unspecified atom stereocenters. The van der Waals surface area contributed by atoms with Crippen LogP contribution in [-0.2, 0) is 0 Å². The quantitative estimate of drug-likeness (QED) is 0.302. The Morgan fingerprint density at radius 2 is 1.56 bits per heavy atom. The first-order valence-electron chi connectivity index (χ1n) is 7.69. The minimum Gasteiger partial charge on any atom is -0.258 e. The molecule has 0 N–H and O–H groups in total. The van der Waals surface area contributed by atoms with Gasteiger partial charge in [0, 0.05) is 20.8 Å². The molecule has 0 saturated carbocycles. The van der Waals surface area contributed by atoms with Gasteiger partial charge in [-0.15, -0.1) is 0 Å². The van der Waals surface area contributed by atoms with Gasteiger partial charge < -0.3 is 0 Å². The van der Waals surface area contributed by atoms with E-state index in [1.54, 1.807) is 36.4 Å². The van der Waals surface area contributed by atoms with Gasteiger partial charge in [-0.05, 0) is 55.0 Å². The Balaban J connectivity index is 1.91. The Kier molecular flexibility index (Phi) is 6.32. The number of aryl methyl sites for hydroxylation is 1. The van der Waals surface area contributed by atoms with Crippen LogP contribution in [0, 0.1) is 22.9 Å². The molecule has 0 amide bonds. The number of hydrogen-bond acceptors (Lipinski definition) is 4. The van der Waals surface area contributed by atoms with Crippen LogP contribution in [0.25, 0.3) is 0 Å². The van der Waals surface area contributed by atoms with Gasteiger partial charge in [-0.25, -0.2) is 4.39 Å². The summed E-state index contributed by atoms with van der Waals surface area (Å²) >= 11 is 14.4. The monoisotopic (exact) mass is 439 g/mol. The highest BCUT2D eigenvalue weighted by Crippen LogP contribution is 2.40. The maximum absolute atomic E-state index is 13.5. The predicted molar refractivity (Wildman–Crippen MR) is 109 cm³/mol. The second-order valence-electron chi connectivity index (χ2n) is 5.58. The zero-order chi connectivity index (χ0) is 19.6. The molecule has 3 rings (SSSR count). The lowest BCUT2D eigenvalue weighted by Gasteiger charge is -2.08. The minimum atomic E-state index is -0.428. The Labute approximate surface area is 174 Å². The van der Waals surface area contributed by atoms with Crippen LogP contribution in [0.2, 0.25) is 10.0 Å². The van der Waals surface area contributed by atoms with E-state index in [1.807, 2.05) is 6.92 Å². The molecular weight excluding hydrogens is 428 g/mol. The summed E-state index contributed by atoms with van der Waals surface area (Å²) in [4.78, 5) is 13.7. The first-order valence-corrected chi connectivity index (χ1v) is 10.1. The molecule has 0 radical (unpaired) electrons. The van der Waals surface area contributed by atoms with Gasteiger partial charge in [0.2, 0.25) is 0 Å². The van der Waals surface area contributed by atoms with Crippen LogP contribution in [0.3, 0.4) is 0 Å². The lowest BCUT2D eigenvalue weighted by molar-refractivity contribution is -0.387. The van der Waals surface area contributed by atoms with Crippen LogP contribution in [0.1, 0.15) is 5.56 Å². The van der Waals surface area contributed by atoms with E-state index in [2.05, 4.69) is 0 Å². The van der Waals surface area contributed by atoms with E-state index in [9.17, 15) is 14.5 Å². The average molecular weight is 440 g/mol. The molecule has 0 spiro atoms. The normalized spacial score (nSPS) is 10.8. The summed E-state index contributed by atoms with van der Waals surface area (Å²) in [7, 11) is 0. The smallest absolute Gasteiger partial charge is 0.258 e. The summed E-state index contributed by atoms with van der Waals surface area (Å²) in [5, 5.41) is 12.3. The summed E-state index contributed by atoms with van der Waals surface area (Å²) in [5.41, 5.74) is 0.878. The van der Waals surface area contributed by atoms with Crippen LogP contribution in [-0.4, -0.2) is 4.92 Å². The van der Waals surface area contributed by atoms with Crippen molar-refractivity contribution in [2.75, 3.05) is 0 Å². The second-order valence-corrected chi connectivity index (χ2v) is 8.62. The molecule has 0 aliphatic rings. The fourth-order valence-corrected chi connectivity index (χ4v) is 4.53. The van der Waals surface area contributed by atoms with E-state index in [1.165, 1.54) is 41.7 Å². The molecule has 0 aliphatic heterocycles. The molecular formula is C19H12Cl2FNO2S2. The van der Waals surface area contributed by atoms with Crippen LogP contribution < -0.4 is 0 Å². The van der Waals surface area contributed by atoms with Gasteiger partial charge in [-0.2, -0.15) is 0 Å². The lowest BCUT2D eigenvalue weighted by atomic mass is 10.2. The zero-order valence-electron chi connectivity index (χ0n) is 13.9. The predicted octanol–water partition coefficient (Wildman–Crippen LogP) is 7.65. The van der Waals surface area contributed by atoms with Gasteiger partial charge in [0.1, 0.15) is 5.82 Å². The van der Waals surface area contributed by atoms with E-state index in [4.69, 9.17) is 23.2 Å². The zero-order valence-corrected chi connectivity index (χ0v) is 17.1. The van der Waals surface area contributed by atoms with E-state index in [0.29, 0.717) is 24.7 Å². The summed E-state index contributed by atoms with van der Waals surface area (Å²) in [5.74, 6) is -0.343. The molecule has 0 saturated heterocycles. The summed E-state index contributed by atoms with van der Waals surface area (Å²) in [6, 6.07) is 14.5. The molecule has 27 heavy (non-hydrogen) atoms. The van der Waals surface area contributed by atoms with Gasteiger partial charge in [-0.3, -0.25) is 10.1 Å². The molecule has 0 aliphatic carbocycles. The molecule has 0 fully saturated rings. The van der Waals surface area contributed by atoms with Crippen molar-refractivity contribution in [3.05, 3.63) is 86.1 Å². The minimum absolute atomic E-state index is 0.0230. The number of halogens is 3. The Morgan fingerprint density at radius 3 is 2.26 bits per heavy atom. The summed E-state index contributed by atoms with van der Waals surface area (Å²) in [6.07, 6.45) is 0. The highest BCUT2D eigenvalue weighted by atomic mass is 35.5. The van der Waals surface area contributed by atoms with Gasteiger partial charge in [0.05, 0.1) is 19.9 Å². The SMILES string of the molecule is Cc1ccc(F)cc1Sc1ccc(Sc2ccc(Cl)c(Cl)c2)c([N+](=O)[O-])c1. The fourth-order valence-electron chi connectivity index (χ4n) is 2.27. The van der Waals surface area contributed by atoms with Gasteiger partial charge in [0.25, 0.3) is 5.69 Å². The number of hydrogen-bond donors (Lipinski definition) is 0. The molecule has 8 heteroatoms. The molecule has 0 heterocycles. The number of nitrogens with zero attached hydrogens (tertiary/aromatic N) is 1. The highest BCUT2D eigenvalue weighted by Gasteiger charge is 2.17. The Bertz CT molecular complexity index is 1030. The van der Waals surface area contributed by atoms with Crippen molar-refractivity contribution in [2.45, 2.75) is 26.5 Å². The van der Waals surface area contributed by atoms with Crippen molar-refractivity contribution < 1.29 is 9.31 Å².